The molecular weight excluding hydrogens is 521 g/mol. The van der Waals surface area contributed by atoms with Gasteiger partial charge in [0.2, 0.25) is 9.84 Å². The highest BCUT2D eigenvalue weighted by Crippen LogP contribution is 2.64. The summed E-state index contributed by atoms with van der Waals surface area (Å²) < 4.78 is 240. The van der Waals surface area contributed by atoms with Gasteiger partial charge in [-0.1, -0.05) is 0 Å². The first-order valence-electron chi connectivity index (χ1n) is 6.37. The number of alkyl halides is 17. The van der Waals surface area contributed by atoms with Gasteiger partial charge in [-0.25, -0.2) is 8.42 Å². The summed E-state index contributed by atoms with van der Waals surface area (Å²) in [6.07, 6.45) is -7.88. The van der Waals surface area contributed by atoms with Crippen molar-refractivity contribution in [2.45, 2.75) is 47.0 Å². The Morgan fingerprint density at radius 2 is 0.774 bits per heavy atom. The lowest BCUT2D eigenvalue weighted by Gasteiger charge is -2.42. The number of nitrogens with zero attached hydrogens (tertiary/aromatic N) is 1. The minimum absolute atomic E-state index is 0.141. The van der Waals surface area contributed by atoms with Crippen LogP contribution in [-0.4, -0.2) is 61.1 Å². The third-order valence-corrected chi connectivity index (χ3v) is 4.89. The van der Waals surface area contributed by atoms with E-state index in [1.807, 2.05) is 0 Å². The van der Waals surface area contributed by atoms with Crippen molar-refractivity contribution in [3.05, 3.63) is 0 Å². The van der Waals surface area contributed by atoms with Gasteiger partial charge >= 0.3 is 47.0 Å². The molecule has 0 radical (unpaired) electrons. The second-order valence-corrected chi connectivity index (χ2v) is 7.41. The van der Waals surface area contributed by atoms with E-state index in [0.29, 0.717) is 0 Å². The Morgan fingerprint density at radius 1 is 0.516 bits per heavy atom. The van der Waals surface area contributed by atoms with E-state index in [2.05, 4.69) is 0 Å². The highest BCUT2D eigenvalue weighted by Gasteiger charge is 2.96. The Morgan fingerprint density at radius 3 is 1.03 bits per heavy atom. The van der Waals surface area contributed by atoms with Gasteiger partial charge in [0.15, 0.2) is 0 Å². The Bertz CT molecular complexity index is 834. The van der Waals surface area contributed by atoms with Crippen molar-refractivity contribution in [2.24, 2.45) is 0 Å². The Hall–Kier alpha value is -1.75. The zero-order valence-corrected chi connectivity index (χ0v) is 14.1. The molecule has 21 heteroatoms. The average molecular weight is 523 g/mol. The number of hydrogen-bond acceptors (Lipinski definition) is 3. The molecule has 3 nitrogen and oxygen atoms in total. The molecule has 0 fully saturated rings. The quantitative estimate of drug-likeness (QED) is 0.426. The van der Waals surface area contributed by atoms with Crippen molar-refractivity contribution in [3.8, 4) is 6.07 Å². The van der Waals surface area contributed by atoms with Crippen molar-refractivity contribution in [1.29, 1.82) is 5.26 Å². The molecule has 0 aromatic rings. The smallest absolute Gasteiger partial charge is 0.221 e. The summed E-state index contributed by atoms with van der Waals surface area (Å²) in [6.45, 7) is 0. The average Bonchev–Trinajstić information content (AvgIpc) is 2.52. The molecule has 0 saturated heterocycles. The summed E-state index contributed by atoms with van der Waals surface area (Å²) in [5, 5.41) is 0.233. The van der Waals surface area contributed by atoms with E-state index in [-0.39, 0.29) is 6.07 Å². The van der Waals surface area contributed by atoms with E-state index in [1.54, 1.807) is 0 Å². The molecule has 0 heterocycles. The first-order chi connectivity index (χ1) is 13.1. The van der Waals surface area contributed by atoms with Gasteiger partial charge in [0.1, 0.15) is 5.75 Å². The minimum Gasteiger partial charge on any atom is -0.221 e. The van der Waals surface area contributed by atoms with Crippen LogP contribution < -0.4 is 0 Å². The van der Waals surface area contributed by atoms with Crippen LogP contribution in [0.2, 0.25) is 0 Å². The maximum Gasteiger partial charge on any atom is 0.460 e. The minimum atomic E-state index is -8.87. The van der Waals surface area contributed by atoms with Gasteiger partial charge in [-0.05, 0) is 0 Å². The van der Waals surface area contributed by atoms with Crippen LogP contribution in [0.5, 0.6) is 0 Å². The molecule has 0 atom stereocenters. The molecule has 0 bridgehead atoms. The summed E-state index contributed by atoms with van der Waals surface area (Å²) in [7, 11) is -7.26. The molecule has 0 N–H and O–H groups in total. The number of nitriles is 1. The molecule has 184 valence electrons. The topological polar surface area (TPSA) is 57.9 Å². The zero-order valence-electron chi connectivity index (χ0n) is 13.3. The van der Waals surface area contributed by atoms with Gasteiger partial charge in [0, 0.05) is 0 Å². The second kappa shape index (κ2) is 7.13. The molecule has 0 aromatic heterocycles. The van der Waals surface area contributed by atoms with Crippen LogP contribution in [0, 0.1) is 11.3 Å². The maximum absolute atomic E-state index is 13.3. The van der Waals surface area contributed by atoms with Gasteiger partial charge in [-0.3, -0.25) is 0 Å². The fourth-order valence-electron chi connectivity index (χ4n) is 1.52. The highest BCUT2D eigenvalue weighted by molar-refractivity contribution is 7.92. The third-order valence-electron chi connectivity index (χ3n) is 3.34. The fraction of sp³-hybridized carbons (Fsp3) is 0.900. The lowest BCUT2D eigenvalue weighted by atomic mass is 9.91. The van der Waals surface area contributed by atoms with E-state index in [0.717, 1.165) is 0 Å². The van der Waals surface area contributed by atoms with Gasteiger partial charge in [-0.15, -0.1) is 0 Å². The van der Waals surface area contributed by atoms with Crippen LogP contribution in [-0.2, 0) is 9.84 Å². The number of halogens is 17. The Kier molecular flexibility index (Phi) is 6.73. The molecule has 0 aromatic carbocycles. The summed E-state index contributed by atoms with van der Waals surface area (Å²) >= 11 is 0. The monoisotopic (exact) mass is 523 g/mol. The van der Waals surface area contributed by atoms with Crippen LogP contribution in [0.4, 0.5) is 74.6 Å². The van der Waals surface area contributed by atoms with Crippen LogP contribution in [0.25, 0.3) is 0 Å². The zero-order chi connectivity index (χ0) is 25.9. The van der Waals surface area contributed by atoms with Gasteiger partial charge in [0.05, 0.1) is 6.07 Å². The molecule has 0 saturated carbocycles. The SMILES string of the molecule is N#CCS(=O)(=O)C(F)(F)C(F)(F)C(F)(F)C(F)(F)C(F)(F)C(F)(F)C(F)(F)C(F)(F)F. The Balaban J connectivity index is 6.95. The highest BCUT2D eigenvalue weighted by atomic mass is 32.2. The van der Waals surface area contributed by atoms with Gasteiger partial charge in [0.25, 0.3) is 0 Å². The van der Waals surface area contributed by atoms with Crippen LogP contribution in [0.1, 0.15) is 0 Å². The molecule has 0 spiro atoms. The fourth-order valence-corrected chi connectivity index (χ4v) is 2.39. The lowest BCUT2D eigenvalue weighted by molar-refractivity contribution is -0.458. The van der Waals surface area contributed by atoms with Crippen LogP contribution in [0.3, 0.4) is 0 Å². The molecule has 0 rings (SSSR count). The lowest BCUT2D eigenvalue weighted by Crippen LogP contribution is -2.75. The normalized spacial score (nSPS) is 16.3. The predicted molar refractivity (Wildman–Crippen MR) is 60.1 cm³/mol. The molecule has 31 heavy (non-hydrogen) atoms. The number of rotatable bonds is 8. The van der Waals surface area contributed by atoms with Crippen LogP contribution in [0.15, 0.2) is 0 Å². The van der Waals surface area contributed by atoms with E-state index < -0.39 is 62.6 Å². The summed E-state index contributed by atoms with van der Waals surface area (Å²) in [6, 6.07) is 0.141. The van der Waals surface area contributed by atoms with Crippen molar-refractivity contribution in [3.63, 3.8) is 0 Å². The van der Waals surface area contributed by atoms with Crippen molar-refractivity contribution in [2.75, 3.05) is 5.75 Å². The standard InChI is InChI=1S/C10H2F17NO2S/c11-3(12,5(15,16)7(19,20)9(23,24)25)4(13,14)6(17,18)8(21,22)10(26,27)31(29,30)2-1-28/h2H2. The molecule has 0 unspecified atom stereocenters. The van der Waals surface area contributed by atoms with Crippen molar-refractivity contribution in [1.82, 2.24) is 0 Å². The molecule has 0 aliphatic rings. The van der Waals surface area contributed by atoms with E-state index in [1.165, 1.54) is 0 Å². The predicted octanol–water partition coefficient (Wildman–Crippen LogP) is 4.89. The summed E-state index contributed by atoms with van der Waals surface area (Å²) in [5.41, 5.74) is 0. The summed E-state index contributed by atoms with van der Waals surface area (Å²) in [5.74, 6) is -54.6. The van der Waals surface area contributed by atoms with E-state index in [4.69, 9.17) is 5.26 Å². The summed E-state index contributed by atoms with van der Waals surface area (Å²) in [4.78, 5) is 0. The molecule has 0 aliphatic heterocycles. The third kappa shape index (κ3) is 3.53. The number of hydrogen-bond donors (Lipinski definition) is 0. The molecule has 0 aliphatic carbocycles. The van der Waals surface area contributed by atoms with E-state index >= 15 is 0 Å². The first kappa shape index (κ1) is 29.2. The first-order valence-corrected chi connectivity index (χ1v) is 8.02. The van der Waals surface area contributed by atoms with Gasteiger partial charge in [-0.2, -0.15) is 79.9 Å². The maximum atomic E-state index is 13.3. The van der Waals surface area contributed by atoms with Crippen LogP contribution >= 0.6 is 0 Å². The Labute approximate surface area is 158 Å². The molecular formula is C10H2F17NO2S. The second-order valence-electron chi connectivity index (χ2n) is 5.38. The van der Waals surface area contributed by atoms with Crippen molar-refractivity contribution < 1.29 is 83.1 Å². The van der Waals surface area contributed by atoms with E-state index in [9.17, 15) is 83.1 Å². The molecule has 0 amide bonds. The number of sulfone groups is 1. The van der Waals surface area contributed by atoms with Gasteiger partial charge < -0.3 is 0 Å². The van der Waals surface area contributed by atoms with Crippen molar-refractivity contribution >= 4 is 9.84 Å². The largest absolute Gasteiger partial charge is 0.460 e.